The molecule has 0 aliphatic rings. The van der Waals surface area contributed by atoms with Crippen molar-refractivity contribution in [1.29, 1.82) is 0 Å². The summed E-state index contributed by atoms with van der Waals surface area (Å²) in [5.41, 5.74) is 0.811. The molecule has 2 aromatic heterocycles. The van der Waals surface area contributed by atoms with Crippen molar-refractivity contribution in [1.82, 2.24) is 24.7 Å². The van der Waals surface area contributed by atoms with E-state index in [1.807, 2.05) is 6.92 Å². The second-order valence-corrected chi connectivity index (χ2v) is 5.68. The second-order valence-electron chi connectivity index (χ2n) is 3.79. The molecule has 0 atom stereocenters. The lowest BCUT2D eigenvalue weighted by Gasteiger charge is -2.04. The van der Waals surface area contributed by atoms with Crippen molar-refractivity contribution >= 4 is 9.84 Å². The molecular weight excluding hydrogens is 254 g/mol. The third-order valence-corrected chi connectivity index (χ3v) is 3.76. The van der Waals surface area contributed by atoms with Gasteiger partial charge in [-0.15, -0.1) is 0 Å². The van der Waals surface area contributed by atoms with E-state index in [2.05, 4.69) is 20.1 Å². The van der Waals surface area contributed by atoms with Crippen LogP contribution in [0.4, 0.5) is 0 Å². The van der Waals surface area contributed by atoms with Gasteiger partial charge in [0, 0.05) is 18.9 Å². The Bertz CT molecular complexity index is 633. The minimum absolute atomic E-state index is 0.182. The lowest BCUT2D eigenvalue weighted by atomic mass is 10.4. The van der Waals surface area contributed by atoms with Crippen LogP contribution in [-0.2, 0) is 22.1 Å². The Morgan fingerprint density at radius 2 is 1.89 bits per heavy atom. The van der Waals surface area contributed by atoms with E-state index in [1.165, 1.54) is 23.4 Å². The van der Waals surface area contributed by atoms with E-state index in [4.69, 9.17) is 0 Å². The van der Waals surface area contributed by atoms with Crippen LogP contribution in [0.2, 0.25) is 0 Å². The van der Waals surface area contributed by atoms with Crippen LogP contribution in [-0.4, -0.2) is 33.2 Å². The molecule has 8 heteroatoms. The van der Waals surface area contributed by atoms with Crippen molar-refractivity contribution in [3.05, 3.63) is 30.1 Å². The van der Waals surface area contributed by atoms with Gasteiger partial charge in [-0.25, -0.2) is 28.1 Å². The molecule has 0 saturated carbocycles. The zero-order valence-electron chi connectivity index (χ0n) is 10.1. The Morgan fingerprint density at radius 1 is 1.22 bits per heavy atom. The van der Waals surface area contributed by atoms with Crippen molar-refractivity contribution < 1.29 is 8.42 Å². The van der Waals surface area contributed by atoms with Crippen molar-refractivity contribution in [2.24, 2.45) is 0 Å². The molecule has 0 N–H and O–H groups in total. The lowest BCUT2D eigenvalue weighted by Crippen LogP contribution is -2.13. The first-order valence-corrected chi connectivity index (χ1v) is 7.06. The maximum atomic E-state index is 12.1. The zero-order valence-corrected chi connectivity index (χ0v) is 10.9. The molecule has 7 nitrogen and oxygen atoms in total. The van der Waals surface area contributed by atoms with Crippen LogP contribution in [0.1, 0.15) is 18.3 Å². The van der Waals surface area contributed by atoms with Crippen LogP contribution in [0.15, 0.2) is 23.9 Å². The fourth-order valence-corrected chi connectivity index (χ4v) is 2.56. The number of rotatable bonds is 4. The molecule has 18 heavy (non-hydrogen) atoms. The molecule has 0 radical (unpaired) electrons. The summed E-state index contributed by atoms with van der Waals surface area (Å²) < 4.78 is 25.7. The summed E-state index contributed by atoms with van der Waals surface area (Å²) in [6.45, 7) is 4.23. The normalized spacial score (nSPS) is 11.7. The van der Waals surface area contributed by atoms with Gasteiger partial charge in [0.25, 0.3) is 0 Å². The summed E-state index contributed by atoms with van der Waals surface area (Å²) in [5, 5.41) is 3.75. The number of hydrogen-bond acceptors (Lipinski definition) is 6. The highest BCUT2D eigenvalue weighted by Crippen LogP contribution is 2.10. The predicted octanol–water partition coefficient (Wildman–Crippen LogP) is 0.370. The third-order valence-electron chi connectivity index (χ3n) is 2.35. The average molecular weight is 267 g/mol. The topological polar surface area (TPSA) is 90.6 Å². The summed E-state index contributed by atoms with van der Waals surface area (Å²) in [5.74, 6) is 0.144. The number of aromatic nitrogens is 5. The quantitative estimate of drug-likeness (QED) is 0.743. The van der Waals surface area contributed by atoms with Crippen molar-refractivity contribution in [3.8, 4) is 0 Å². The molecule has 0 amide bonds. The molecular formula is C10H13N5O2S. The summed E-state index contributed by atoms with van der Waals surface area (Å²) in [6.07, 6.45) is 4.29. The molecule has 0 fully saturated rings. The van der Waals surface area contributed by atoms with Crippen LogP contribution in [0.5, 0.6) is 0 Å². The van der Waals surface area contributed by atoms with Crippen LogP contribution in [0, 0.1) is 6.92 Å². The van der Waals surface area contributed by atoms with Gasteiger partial charge < -0.3 is 0 Å². The molecule has 0 aliphatic carbocycles. The molecule has 0 saturated heterocycles. The largest absolute Gasteiger partial charge is 0.249 e. The van der Waals surface area contributed by atoms with E-state index < -0.39 is 9.84 Å². The van der Waals surface area contributed by atoms with Crippen LogP contribution in [0.25, 0.3) is 0 Å². The van der Waals surface area contributed by atoms with Gasteiger partial charge in [-0.3, -0.25) is 0 Å². The molecule has 2 rings (SSSR count). The Labute approximate surface area is 105 Å². The number of aryl methyl sites for hydroxylation is 2. The number of nitrogens with zero attached hydrogens (tertiary/aromatic N) is 5. The highest BCUT2D eigenvalue weighted by atomic mass is 32.2. The highest BCUT2D eigenvalue weighted by Gasteiger charge is 2.21. The molecule has 0 bridgehead atoms. The summed E-state index contributed by atoms with van der Waals surface area (Å²) in [4.78, 5) is 11.6. The van der Waals surface area contributed by atoms with E-state index in [9.17, 15) is 8.42 Å². The van der Waals surface area contributed by atoms with Gasteiger partial charge in [0.05, 0.1) is 0 Å². The molecule has 0 spiro atoms. The van der Waals surface area contributed by atoms with Gasteiger partial charge in [-0.05, 0) is 19.4 Å². The molecule has 96 valence electrons. The van der Waals surface area contributed by atoms with E-state index in [-0.39, 0.29) is 10.9 Å². The smallest absolute Gasteiger partial charge is 0.247 e. The van der Waals surface area contributed by atoms with Gasteiger partial charge in [0.2, 0.25) is 15.0 Å². The Kier molecular flexibility index (Phi) is 3.37. The fraction of sp³-hybridized carbons (Fsp3) is 0.400. The minimum Gasteiger partial charge on any atom is -0.249 e. The molecule has 0 aliphatic heterocycles. The van der Waals surface area contributed by atoms with Crippen molar-refractivity contribution in [3.63, 3.8) is 0 Å². The van der Waals surface area contributed by atoms with Crippen LogP contribution >= 0.6 is 0 Å². The van der Waals surface area contributed by atoms with Gasteiger partial charge in [-0.2, -0.15) is 5.10 Å². The molecule has 0 aromatic carbocycles. The van der Waals surface area contributed by atoms with Crippen LogP contribution < -0.4 is 0 Å². The molecule has 2 aromatic rings. The maximum Gasteiger partial charge on any atom is 0.247 e. The zero-order chi connectivity index (χ0) is 13.2. The van der Waals surface area contributed by atoms with Crippen molar-refractivity contribution in [2.45, 2.75) is 31.3 Å². The maximum absolute atomic E-state index is 12.1. The van der Waals surface area contributed by atoms with E-state index in [0.717, 1.165) is 5.56 Å². The Morgan fingerprint density at radius 3 is 2.50 bits per heavy atom. The fourth-order valence-electron chi connectivity index (χ4n) is 1.44. The summed E-state index contributed by atoms with van der Waals surface area (Å²) >= 11 is 0. The predicted molar refractivity (Wildman–Crippen MR) is 63.4 cm³/mol. The number of sulfone groups is 1. The van der Waals surface area contributed by atoms with Gasteiger partial charge >= 0.3 is 0 Å². The van der Waals surface area contributed by atoms with Gasteiger partial charge in [0.15, 0.2) is 0 Å². The second kappa shape index (κ2) is 4.81. The third kappa shape index (κ3) is 2.53. The first-order chi connectivity index (χ1) is 8.53. The molecule has 0 unspecified atom stereocenters. The Hall–Kier alpha value is -1.83. The van der Waals surface area contributed by atoms with Crippen LogP contribution in [0.3, 0.4) is 0 Å². The Balaban J connectivity index is 2.30. The lowest BCUT2D eigenvalue weighted by molar-refractivity contribution is 0.576. The van der Waals surface area contributed by atoms with Gasteiger partial charge in [-0.1, -0.05) is 0 Å². The van der Waals surface area contributed by atoms with E-state index >= 15 is 0 Å². The molecule has 2 heterocycles. The van der Waals surface area contributed by atoms with E-state index in [1.54, 1.807) is 6.92 Å². The average Bonchev–Trinajstić information content (AvgIpc) is 2.76. The standard InChI is InChI=1S/C10H13N5O2S/c1-3-15-9(13-7-14-15)6-18(16,17)10-11-4-8(2)5-12-10/h4-5,7H,3,6H2,1-2H3. The van der Waals surface area contributed by atoms with Gasteiger partial charge in [0.1, 0.15) is 17.9 Å². The first kappa shape index (κ1) is 12.6. The first-order valence-electron chi connectivity index (χ1n) is 5.41. The monoisotopic (exact) mass is 267 g/mol. The highest BCUT2D eigenvalue weighted by molar-refractivity contribution is 7.90. The minimum atomic E-state index is -3.58. The SMILES string of the molecule is CCn1ncnc1CS(=O)(=O)c1ncc(C)cn1. The summed E-state index contributed by atoms with van der Waals surface area (Å²) in [6, 6.07) is 0. The van der Waals surface area contributed by atoms with Crippen molar-refractivity contribution in [2.75, 3.05) is 0 Å². The van der Waals surface area contributed by atoms with E-state index in [0.29, 0.717) is 12.4 Å². The summed E-state index contributed by atoms with van der Waals surface area (Å²) in [7, 11) is -3.58. The number of hydrogen-bond donors (Lipinski definition) is 0.